The Labute approximate surface area is 175 Å². The van der Waals surface area contributed by atoms with E-state index >= 15 is 0 Å². The Hall–Kier alpha value is -3.40. The molecule has 0 atom stereocenters. The predicted octanol–water partition coefficient (Wildman–Crippen LogP) is 5.30. The van der Waals surface area contributed by atoms with E-state index in [9.17, 15) is 9.59 Å². The molecule has 0 amide bonds. The highest BCUT2D eigenvalue weighted by molar-refractivity contribution is 6.16. The summed E-state index contributed by atoms with van der Waals surface area (Å²) in [4.78, 5) is 26.2. The topological polar surface area (TPSA) is 52.6 Å². The van der Waals surface area contributed by atoms with Gasteiger partial charge in [-0.3, -0.25) is 9.59 Å². The van der Waals surface area contributed by atoms with Gasteiger partial charge in [0.05, 0.1) is 14.2 Å². The number of benzene rings is 3. The average molecular weight is 398 g/mol. The third-order valence-corrected chi connectivity index (χ3v) is 6.22. The first-order valence-electron chi connectivity index (χ1n) is 10.2. The summed E-state index contributed by atoms with van der Waals surface area (Å²) in [5, 5.41) is 0. The van der Waals surface area contributed by atoms with Gasteiger partial charge in [-0.1, -0.05) is 36.4 Å². The maximum absolute atomic E-state index is 13.1. The average Bonchev–Trinajstić information content (AvgIpc) is 3.35. The number of hydrogen-bond acceptors (Lipinski definition) is 4. The number of carbonyl (C=O) groups excluding carboxylic acids is 2. The van der Waals surface area contributed by atoms with Crippen LogP contribution in [0, 0.1) is 0 Å². The van der Waals surface area contributed by atoms with Gasteiger partial charge in [-0.15, -0.1) is 0 Å². The lowest BCUT2D eigenvalue weighted by atomic mass is 9.82. The Balaban J connectivity index is 1.93. The second-order valence-electron chi connectivity index (χ2n) is 7.70. The molecule has 0 spiro atoms. The number of hydrogen-bond donors (Lipinski definition) is 0. The summed E-state index contributed by atoms with van der Waals surface area (Å²) in [6.07, 6.45) is 2.17. The molecule has 0 fully saturated rings. The first-order chi connectivity index (χ1) is 14.7. The Morgan fingerprint density at radius 2 is 0.967 bits per heavy atom. The van der Waals surface area contributed by atoms with Crippen LogP contribution in [0.5, 0.6) is 11.5 Å². The van der Waals surface area contributed by atoms with Gasteiger partial charge in [0, 0.05) is 46.2 Å². The number of ether oxygens (including phenoxy) is 2. The number of rotatable bonds is 4. The number of ketones is 2. The van der Waals surface area contributed by atoms with Crippen molar-refractivity contribution in [2.45, 2.75) is 25.7 Å². The van der Waals surface area contributed by atoms with Crippen LogP contribution in [0.1, 0.15) is 44.7 Å². The molecule has 4 nitrogen and oxygen atoms in total. The molecule has 150 valence electrons. The summed E-state index contributed by atoms with van der Waals surface area (Å²) in [6, 6.07) is 15.5. The molecule has 0 unspecified atom stereocenters. The van der Waals surface area contributed by atoms with Gasteiger partial charge in [-0.2, -0.15) is 0 Å². The summed E-state index contributed by atoms with van der Waals surface area (Å²) in [5.74, 6) is 1.69. The fraction of sp³-hybridized carbons (Fsp3) is 0.231. The van der Waals surface area contributed by atoms with Gasteiger partial charge >= 0.3 is 0 Å². The van der Waals surface area contributed by atoms with Crippen molar-refractivity contribution in [3.63, 3.8) is 0 Å². The van der Waals surface area contributed by atoms with Crippen molar-refractivity contribution in [2.75, 3.05) is 14.2 Å². The van der Waals surface area contributed by atoms with E-state index in [0.29, 0.717) is 37.2 Å². The van der Waals surface area contributed by atoms with E-state index in [4.69, 9.17) is 9.47 Å². The molecular weight excluding hydrogens is 376 g/mol. The van der Waals surface area contributed by atoms with Crippen molar-refractivity contribution in [2.24, 2.45) is 0 Å². The van der Waals surface area contributed by atoms with Gasteiger partial charge in [0.2, 0.25) is 0 Å². The van der Waals surface area contributed by atoms with E-state index < -0.39 is 0 Å². The van der Waals surface area contributed by atoms with Gasteiger partial charge in [0.25, 0.3) is 0 Å². The zero-order valence-electron chi connectivity index (χ0n) is 17.1. The van der Waals surface area contributed by atoms with Gasteiger partial charge in [-0.25, -0.2) is 0 Å². The van der Waals surface area contributed by atoms with Crippen LogP contribution in [0.15, 0.2) is 48.5 Å². The molecule has 0 N–H and O–H groups in total. The molecule has 0 heterocycles. The number of carbonyl (C=O) groups is 2. The minimum Gasteiger partial charge on any atom is -0.496 e. The normalized spacial score (nSPS) is 14.6. The second kappa shape index (κ2) is 7.13. The summed E-state index contributed by atoms with van der Waals surface area (Å²) in [5.41, 5.74) is 6.92. The van der Waals surface area contributed by atoms with E-state index in [1.54, 1.807) is 14.2 Å². The Morgan fingerprint density at radius 3 is 1.37 bits per heavy atom. The van der Waals surface area contributed by atoms with Crippen molar-refractivity contribution < 1.29 is 19.1 Å². The van der Waals surface area contributed by atoms with Crippen molar-refractivity contribution >= 4 is 11.6 Å². The molecule has 0 aromatic heterocycles. The zero-order chi connectivity index (χ0) is 20.8. The Bertz CT molecular complexity index is 1110. The third kappa shape index (κ3) is 2.60. The summed E-state index contributed by atoms with van der Waals surface area (Å²) < 4.78 is 11.2. The molecule has 0 aliphatic heterocycles. The number of fused-ring (bicyclic) bond motifs is 2. The van der Waals surface area contributed by atoms with Crippen molar-refractivity contribution in [3.8, 4) is 33.8 Å². The SMILES string of the molecule is COc1ccccc1-c1c2c(c(-c3ccccc3OC)c3c1C(=O)CC3)C(=O)CC2. The number of methoxy groups -OCH3 is 2. The number of Topliss-reactive ketones (excluding diaryl/α,β-unsaturated/α-hetero) is 2. The summed E-state index contributed by atoms with van der Waals surface area (Å²) in [6.45, 7) is 0. The predicted molar refractivity (Wildman–Crippen MR) is 116 cm³/mol. The lowest BCUT2D eigenvalue weighted by Gasteiger charge is -2.21. The minimum atomic E-state index is 0.129. The van der Waals surface area contributed by atoms with Crippen molar-refractivity contribution in [1.29, 1.82) is 0 Å². The molecule has 0 bridgehead atoms. The summed E-state index contributed by atoms with van der Waals surface area (Å²) >= 11 is 0. The standard InChI is InChI=1S/C26H22O4/c1-29-21-9-5-3-7-15(21)23-17-11-13-20(28)26(17)24(18-12-14-19(27)25(18)23)16-8-4-6-10-22(16)30-2/h3-10H,11-14H2,1-2H3. The molecule has 5 rings (SSSR count). The number of para-hydroxylation sites is 2. The van der Waals surface area contributed by atoms with Crippen LogP contribution in [0.3, 0.4) is 0 Å². The molecule has 4 heteroatoms. The molecule has 30 heavy (non-hydrogen) atoms. The van der Waals surface area contributed by atoms with Crippen LogP contribution >= 0.6 is 0 Å². The first-order valence-corrected chi connectivity index (χ1v) is 10.2. The van der Waals surface area contributed by atoms with E-state index in [1.807, 2.05) is 48.5 Å². The second-order valence-corrected chi connectivity index (χ2v) is 7.70. The molecule has 2 aliphatic carbocycles. The molecule has 3 aromatic carbocycles. The maximum atomic E-state index is 13.1. The van der Waals surface area contributed by atoms with Gasteiger partial charge in [0.1, 0.15) is 11.5 Å². The highest BCUT2D eigenvalue weighted by atomic mass is 16.5. The van der Waals surface area contributed by atoms with Crippen molar-refractivity contribution in [1.82, 2.24) is 0 Å². The van der Waals surface area contributed by atoms with Crippen molar-refractivity contribution in [3.05, 3.63) is 70.8 Å². The fourth-order valence-corrected chi connectivity index (χ4v) is 4.99. The highest BCUT2D eigenvalue weighted by Gasteiger charge is 2.37. The Morgan fingerprint density at radius 1 is 0.567 bits per heavy atom. The van der Waals surface area contributed by atoms with E-state index in [2.05, 4.69) is 0 Å². The molecule has 0 saturated carbocycles. The fourth-order valence-electron chi connectivity index (χ4n) is 4.99. The van der Waals surface area contributed by atoms with Gasteiger partial charge < -0.3 is 9.47 Å². The van der Waals surface area contributed by atoms with Crippen LogP contribution in [-0.2, 0) is 12.8 Å². The largest absolute Gasteiger partial charge is 0.496 e. The van der Waals surface area contributed by atoms with Crippen LogP contribution in [0.25, 0.3) is 22.3 Å². The van der Waals surface area contributed by atoms with Gasteiger partial charge in [0.15, 0.2) is 11.6 Å². The van der Waals surface area contributed by atoms with E-state index in [-0.39, 0.29) is 11.6 Å². The van der Waals surface area contributed by atoms with Gasteiger partial charge in [-0.05, 0) is 36.1 Å². The van der Waals surface area contributed by atoms with E-state index in [1.165, 1.54) is 0 Å². The van der Waals surface area contributed by atoms with E-state index in [0.717, 1.165) is 44.5 Å². The minimum absolute atomic E-state index is 0.129. The van der Waals surface area contributed by atoms with Crippen LogP contribution < -0.4 is 9.47 Å². The maximum Gasteiger partial charge on any atom is 0.164 e. The zero-order valence-corrected chi connectivity index (χ0v) is 17.1. The smallest absolute Gasteiger partial charge is 0.164 e. The third-order valence-electron chi connectivity index (χ3n) is 6.22. The molecule has 0 saturated heterocycles. The Kier molecular flexibility index (Phi) is 4.43. The monoisotopic (exact) mass is 398 g/mol. The highest BCUT2D eigenvalue weighted by Crippen LogP contribution is 2.50. The first kappa shape index (κ1) is 18.6. The molecule has 2 aliphatic rings. The lowest BCUT2D eigenvalue weighted by Crippen LogP contribution is -2.07. The van der Waals surface area contributed by atoms with Crippen LogP contribution in [0.4, 0.5) is 0 Å². The quantitative estimate of drug-likeness (QED) is 0.599. The lowest BCUT2D eigenvalue weighted by molar-refractivity contribution is 0.0986. The molecule has 3 aromatic rings. The van der Waals surface area contributed by atoms with Crippen LogP contribution in [0.2, 0.25) is 0 Å². The van der Waals surface area contributed by atoms with Crippen LogP contribution in [-0.4, -0.2) is 25.8 Å². The summed E-state index contributed by atoms with van der Waals surface area (Å²) in [7, 11) is 3.27. The molecular formula is C26H22O4. The molecule has 0 radical (unpaired) electrons.